The van der Waals surface area contributed by atoms with Crippen LogP contribution in [0.2, 0.25) is 0 Å². The lowest BCUT2D eigenvalue weighted by atomic mass is 9.88. The van der Waals surface area contributed by atoms with Crippen molar-refractivity contribution in [1.82, 2.24) is 14.9 Å². The van der Waals surface area contributed by atoms with Gasteiger partial charge in [-0.25, -0.2) is 4.98 Å². The number of aromatic amines is 1. The molecule has 1 N–H and O–H groups in total. The second kappa shape index (κ2) is 9.08. The van der Waals surface area contributed by atoms with Crippen molar-refractivity contribution < 1.29 is 9.53 Å². The van der Waals surface area contributed by atoms with Crippen LogP contribution >= 0.6 is 0 Å². The monoisotopic (exact) mass is 454 g/mol. The average Bonchev–Trinajstić information content (AvgIpc) is 3.18. The maximum atomic E-state index is 13.5. The molecule has 2 aliphatic rings. The summed E-state index contributed by atoms with van der Waals surface area (Å²) >= 11 is 0. The Labute approximate surface area is 200 Å². The number of hydrogen-bond acceptors (Lipinski definition) is 4. The van der Waals surface area contributed by atoms with E-state index in [1.165, 1.54) is 5.56 Å². The highest BCUT2D eigenvalue weighted by atomic mass is 16.5. The fourth-order valence-electron chi connectivity index (χ4n) is 5.10. The van der Waals surface area contributed by atoms with Crippen LogP contribution in [0.3, 0.4) is 0 Å². The summed E-state index contributed by atoms with van der Waals surface area (Å²) in [4.78, 5) is 23.8. The highest BCUT2D eigenvalue weighted by Gasteiger charge is 2.28. The fraction of sp³-hybridized carbons (Fsp3) is 0.393. The van der Waals surface area contributed by atoms with Crippen molar-refractivity contribution in [2.45, 2.75) is 45.4 Å². The van der Waals surface area contributed by atoms with E-state index in [1.807, 2.05) is 49.1 Å². The van der Waals surface area contributed by atoms with Crippen molar-refractivity contribution in [3.05, 3.63) is 75.7 Å². The average molecular weight is 455 g/mol. The minimum atomic E-state index is 0.0989. The van der Waals surface area contributed by atoms with Gasteiger partial charge in [0.1, 0.15) is 5.82 Å². The quantitative estimate of drug-likeness (QED) is 0.601. The number of carbonyl (C=O) groups excluding carboxylic acids is 1. The molecule has 0 aliphatic carbocycles. The van der Waals surface area contributed by atoms with Gasteiger partial charge < -0.3 is 14.6 Å². The molecule has 2 saturated heterocycles. The first-order valence-corrected chi connectivity index (χ1v) is 12.0. The smallest absolute Gasteiger partial charge is 0.254 e. The van der Waals surface area contributed by atoms with Gasteiger partial charge in [-0.2, -0.15) is 5.26 Å². The molecule has 3 heterocycles. The number of hydrogen-bond donors (Lipinski definition) is 1. The maximum absolute atomic E-state index is 13.5. The van der Waals surface area contributed by atoms with E-state index in [2.05, 4.69) is 24.0 Å². The van der Waals surface area contributed by atoms with Crippen LogP contribution in [-0.4, -0.2) is 47.1 Å². The number of ether oxygens (including phenoxy) is 1. The molecule has 0 unspecified atom stereocenters. The molecule has 174 valence electrons. The molecule has 0 bridgehead atoms. The highest BCUT2D eigenvalue weighted by Crippen LogP contribution is 2.33. The van der Waals surface area contributed by atoms with Gasteiger partial charge in [0.2, 0.25) is 0 Å². The second-order valence-corrected chi connectivity index (χ2v) is 9.60. The molecule has 2 fully saturated rings. The molecule has 0 saturated carbocycles. The van der Waals surface area contributed by atoms with E-state index in [-0.39, 0.29) is 5.91 Å². The van der Waals surface area contributed by atoms with Crippen LogP contribution in [0, 0.1) is 32.1 Å². The Morgan fingerprint density at radius 2 is 1.76 bits per heavy atom. The Bertz CT molecular complexity index is 1260. The lowest BCUT2D eigenvalue weighted by molar-refractivity contribution is 0.00518. The lowest BCUT2D eigenvalue weighted by Crippen LogP contribution is -2.38. The molecule has 6 heteroatoms. The van der Waals surface area contributed by atoms with Crippen molar-refractivity contribution >= 4 is 5.91 Å². The van der Waals surface area contributed by atoms with Crippen molar-refractivity contribution in [3.8, 4) is 17.3 Å². The third-order valence-corrected chi connectivity index (χ3v) is 7.29. The number of nitrogens with zero attached hydrogens (tertiary/aromatic N) is 3. The van der Waals surface area contributed by atoms with E-state index in [4.69, 9.17) is 15.0 Å². The Morgan fingerprint density at radius 3 is 2.38 bits per heavy atom. The van der Waals surface area contributed by atoms with Crippen LogP contribution in [0.5, 0.6) is 0 Å². The van der Waals surface area contributed by atoms with Gasteiger partial charge >= 0.3 is 0 Å². The van der Waals surface area contributed by atoms with Gasteiger partial charge in [-0.05, 0) is 74.4 Å². The molecule has 5 rings (SSSR count). The molecule has 6 nitrogen and oxygen atoms in total. The fourth-order valence-corrected chi connectivity index (χ4v) is 5.10. The zero-order valence-corrected chi connectivity index (χ0v) is 20.0. The number of aryl methyl sites for hydroxylation is 3. The summed E-state index contributed by atoms with van der Waals surface area (Å²) in [5, 5.41) is 9.02. The summed E-state index contributed by atoms with van der Waals surface area (Å²) in [7, 11) is 0. The van der Waals surface area contributed by atoms with Crippen LogP contribution in [0.4, 0.5) is 0 Å². The number of rotatable bonds is 4. The van der Waals surface area contributed by atoms with E-state index in [0.717, 1.165) is 65.4 Å². The van der Waals surface area contributed by atoms with Crippen LogP contribution in [0.1, 0.15) is 68.8 Å². The molecule has 0 atom stereocenters. The summed E-state index contributed by atoms with van der Waals surface area (Å²) in [5.74, 6) is 1.82. The highest BCUT2D eigenvalue weighted by molar-refractivity contribution is 5.97. The van der Waals surface area contributed by atoms with E-state index in [9.17, 15) is 4.79 Å². The first-order chi connectivity index (χ1) is 16.4. The van der Waals surface area contributed by atoms with E-state index in [1.54, 1.807) is 0 Å². The topological polar surface area (TPSA) is 82.0 Å². The molecule has 1 amide bonds. The maximum Gasteiger partial charge on any atom is 0.254 e. The van der Waals surface area contributed by atoms with Crippen molar-refractivity contribution in [3.63, 3.8) is 0 Å². The van der Waals surface area contributed by atoms with Gasteiger partial charge in [-0.1, -0.05) is 18.2 Å². The molecule has 1 aromatic heterocycles. The van der Waals surface area contributed by atoms with Crippen LogP contribution < -0.4 is 0 Å². The third kappa shape index (κ3) is 4.12. The zero-order chi connectivity index (χ0) is 23.8. The summed E-state index contributed by atoms with van der Waals surface area (Å²) in [5.41, 5.74) is 7.83. The summed E-state index contributed by atoms with van der Waals surface area (Å²) in [6.45, 7) is 9.02. The van der Waals surface area contributed by atoms with Gasteiger partial charge in [0.05, 0.1) is 42.2 Å². The lowest BCUT2D eigenvalue weighted by Gasteiger charge is -2.33. The van der Waals surface area contributed by atoms with Crippen LogP contribution in [0.15, 0.2) is 36.4 Å². The molecule has 2 aromatic carbocycles. The summed E-state index contributed by atoms with van der Waals surface area (Å²) in [6, 6.07) is 14.2. The predicted octanol–water partition coefficient (Wildman–Crippen LogP) is 5.01. The van der Waals surface area contributed by atoms with E-state index in [0.29, 0.717) is 30.6 Å². The number of imidazole rings is 1. The summed E-state index contributed by atoms with van der Waals surface area (Å²) < 4.78 is 5.32. The summed E-state index contributed by atoms with van der Waals surface area (Å²) in [6.07, 6.45) is 1.86. The number of amides is 1. The Hall–Kier alpha value is -3.43. The number of aromatic nitrogens is 2. The number of carbonyl (C=O) groups is 1. The van der Waals surface area contributed by atoms with Gasteiger partial charge in [0.15, 0.2) is 0 Å². The Morgan fingerprint density at radius 1 is 1.06 bits per heavy atom. The zero-order valence-electron chi connectivity index (χ0n) is 20.0. The molecule has 34 heavy (non-hydrogen) atoms. The molecular weight excluding hydrogens is 424 g/mol. The standard InChI is InChI=1S/C28H30N4O2/c1-17-12-18(2)25(13-24(17)26-19(3)30-27(31-26)23-15-34-16-23)28(33)32-10-8-22(9-11-32)21-6-4-20(14-29)5-7-21/h4-7,12-13,22-23H,8-11,15-16H2,1-3H3,(H,30,31). The minimum Gasteiger partial charge on any atom is -0.380 e. The van der Waals surface area contributed by atoms with E-state index < -0.39 is 0 Å². The Balaban J connectivity index is 1.34. The first kappa shape index (κ1) is 22.4. The molecule has 3 aromatic rings. The van der Waals surface area contributed by atoms with Crippen LogP contribution in [-0.2, 0) is 4.74 Å². The number of H-pyrrole nitrogens is 1. The number of likely N-dealkylation sites (tertiary alicyclic amines) is 1. The number of piperidine rings is 1. The number of nitriles is 1. The number of benzene rings is 2. The third-order valence-electron chi connectivity index (χ3n) is 7.29. The van der Waals surface area contributed by atoms with Crippen molar-refractivity contribution in [2.75, 3.05) is 26.3 Å². The molecule has 0 spiro atoms. The van der Waals surface area contributed by atoms with Crippen molar-refractivity contribution in [2.24, 2.45) is 0 Å². The predicted molar refractivity (Wildman–Crippen MR) is 131 cm³/mol. The Kier molecular flexibility index (Phi) is 5.97. The molecule has 2 aliphatic heterocycles. The SMILES string of the molecule is Cc1cc(C)c(-c2[nH]c(C3COC3)nc2C)cc1C(=O)N1CCC(c2ccc(C#N)cc2)CC1. The number of nitrogens with one attached hydrogen (secondary N) is 1. The normalized spacial score (nSPS) is 16.8. The second-order valence-electron chi connectivity index (χ2n) is 9.60. The molecular formula is C28H30N4O2. The van der Waals surface area contributed by atoms with E-state index >= 15 is 0 Å². The molecule has 0 radical (unpaired) electrons. The largest absolute Gasteiger partial charge is 0.380 e. The van der Waals surface area contributed by atoms with Crippen LogP contribution in [0.25, 0.3) is 11.3 Å². The van der Waals surface area contributed by atoms with Gasteiger partial charge in [-0.3, -0.25) is 4.79 Å². The minimum absolute atomic E-state index is 0.0989. The van der Waals surface area contributed by atoms with Gasteiger partial charge in [0, 0.05) is 24.2 Å². The first-order valence-electron chi connectivity index (χ1n) is 12.0. The van der Waals surface area contributed by atoms with Gasteiger partial charge in [-0.15, -0.1) is 0 Å². The van der Waals surface area contributed by atoms with Crippen molar-refractivity contribution in [1.29, 1.82) is 5.26 Å². The van der Waals surface area contributed by atoms with Gasteiger partial charge in [0.25, 0.3) is 5.91 Å².